The molecule has 0 bridgehead atoms. The normalized spacial score (nSPS) is 18.9. The predicted molar refractivity (Wildman–Crippen MR) is 167 cm³/mol. The molecule has 5 heterocycles. The molecule has 0 spiro atoms. The van der Waals surface area contributed by atoms with Crippen LogP contribution in [-0.2, 0) is 49.0 Å². The van der Waals surface area contributed by atoms with Crippen molar-refractivity contribution in [3.63, 3.8) is 0 Å². The number of hydrogen-bond donors (Lipinski definition) is 4. The van der Waals surface area contributed by atoms with E-state index in [0.717, 1.165) is 6.42 Å². The zero-order chi connectivity index (χ0) is 34.5. The van der Waals surface area contributed by atoms with Crippen molar-refractivity contribution < 1.29 is 42.1 Å². The Morgan fingerprint density at radius 3 is 2.65 bits per heavy atom. The highest BCUT2D eigenvalue weighted by Gasteiger charge is 2.51. The van der Waals surface area contributed by atoms with E-state index in [9.17, 15) is 28.0 Å². The van der Waals surface area contributed by atoms with Crippen molar-refractivity contribution in [2.24, 2.45) is 11.5 Å². The quantitative estimate of drug-likeness (QED) is 0.103. The molecule has 2 aromatic heterocycles. The molecule has 3 aromatic rings. The Hall–Kier alpha value is -4.83. The fraction of sp³-hybridized carbons (Fsp3) is 0.469. The third-order valence-corrected chi connectivity index (χ3v) is 9.04. The number of esters is 2. The van der Waals surface area contributed by atoms with E-state index in [1.165, 1.54) is 10.6 Å². The molecule has 3 aliphatic rings. The first kappa shape index (κ1) is 33.1. The Morgan fingerprint density at radius 1 is 1.17 bits per heavy atom. The number of nitrogen functional groups attached to an aromatic ring is 1. The average molecular weight is 671 g/mol. The second-order valence-corrected chi connectivity index (χ2v) is 11.9. The first-order valence-corrected chi connectivity index (χ1v) is 15.8. The number of aryl methyl sites for hydroxylation is 1. The Balaban J connectivity index is 1.34. The van der Waals surface area contributed by atoms with Crippen LogP contribution in [0.3, 0.4) is 0 Å². The number of nitrogens with one attached hydrogen (secondary N) is 1. The van der Waals surface area contributed by atoms with Gasteiger partial charge in [-0.2, -0.15) is 0 Å². The summed E-state index contributed by atoms with van der Waals surface area (Å²) in [4.78, 5) is 57.5. The Morgan fingerprint density at radius 2 is 1.94 bits per heavy atom. The maximum Gasteiger partial charge on any atom is 0.586 e. The molecule has 0 saturated carbocycles. The van der Waals surface area contributed by atoms with Gasteiger partial charge in [0.05, 0.1) is 47.2 Å². The number of benzene rings is 1. The third-order valence-electron chi connectivity index (χ3n) is 9.04. The number of carbonyl (C=O) groups is 3. The highest BCUT2D eigenvalue weighted by atomic mass is 19.3. The van der Waals surface area contributed by atoms with Gasteiger partial charge in [0.15, 0.2) is 11.5 Å². The number of fused-ring (bicyclic) bond motifs is 6. The standard InChI is InChI=1S/C32H36F2N6O8/c1-3-15-16-13-40-21(26(16)39-20-12-22-27(25(37)24(15)20)48-32(33,34)46-22)11-18-17(29(40)43)14-45-30(44)31(18,4-2)47-23(41)8-10-38-28(42)19(36)7-5-6-9-35/h11-12,19H,3-10,13-14,35-37H2,1-2H3,(H,38,42). The number of cyclic esters (lactones) is 1. The van der Waals surface area contributed by atoms with Gasteiger partial charge >= 0.3 is 18.2 Å². The number of alkyl halides is 2. The second-order valence-electron chi connectivity index (χ2n) is 11.9. The predicted octanol–water partition coefficient (Wildman–Crippen LogP) is 2.06. The lowest BCUT2D eigenvalue weighted by molar-refractivity contribution is -0.286. The van der Waals surface area contributed by atoms with Gasteiger partial charge in [-0.3, -0.25) is 14.4 Å². The van der Waals surface area contributed by atoms with Crippen LogP contribution in [0.25, 0.3) is 22.3 Å². The van der Waals surface area contributed by atoms with E-state index in [1.807, 2.05) is 6.92 Å². The fourth-order valence-electron chi connectivity index (χ4n) is 6.63. The lowest BCUT2D eigenvalue weighted by atomic mass is 9.85. The van der Waals surface area contributed by atoms with Gasteiger partial charge in [-0.1, -0.05) is 20.3 Å². The number of anilines is 1. The van der Waals surface area contributed by atoms with Crippen LogP contribution in [0, 0.1) is 0 Å². The number of amides is 1. The first-order valence-electron chi connectivity index (χ1n) is 15.8. The molecule has 2 unspecified atom stereocenters. The van der Waals surface area contributed by atoms with Crippen molar-refractivity contribution in [2.45, 2.75) is 83.5 Å². The Bertz CT molecular complexity index is 1910. The molecule has 1 amide bonds. The van der Waals surface area contributed by atoms with E-state index in [1.54, 1.807) is 13.0 Å². The molecule has 48 heavy (non-hydrogen) atoms. The highest BCUT2D eigenvalue weighted by Crippen LogP contribution is 2.50. The van der Waals surface area contributed by atoms with Crippen molar-refractivity contribution in [2.75, 3.05) is 18.8 Å². The summed E-state index contributed by atoms with van der Waals surface area (Å²) >= 11 is 0. The van der Waals surface area contributed by atoms with Crippen LogP contribution < -0.4 is 37.6 Å². The van der Waals surface area contributed by atoms with Crippen LogP contribution in [0.15, 0.2) is 16.9 Å². The summed E-state index contributed by atoms with van der Waals surface area (Å²) in [6, 6.07) is 2.14. The van der Waals surface area contributed by atoms with Crippen LogP contribution >= 0.6 is 0 Å². The van der Waals surface area contributed by atoms with Crippen LogP contribution in [-0.4, -0.2) is 52.8 Å². The van der Waals surface area contributed by atoms with Crippen molar-refractivity contribution in [3.05, 3.63) is 44.7 Å². The summed E-state index contributed by atoms with van der Waals surface area (Å²) in [5, 5.41) is 3.00. The van der Waals surface area contributed by atoms with E-state index >= 15 is 0 Å². The minimum Gasteiger partial charge on any atom is -0.457 e. The molecule has 0 fully saturated rings. The number of unbranched alkanes of at least 4 members (excludes halogenated alkanes) is 1. The number of nitrogens with two attached hydrogens (primary N) is 3. The molecule has 1 aromatic carbocycles. The topological polar surface area (TPSA) is 213 Å². The van der Waals surface area contributed by atoms with E-state index < -0.39 is 41.3 Å². The van der Waals surface area contributed by atoms with E-state index in [2.05, 4.69) is 14.8 Å². The molecule has 0 radical (unpaired) electrons. The molecule has 6 rings (SSSR count). The van der Waals surface area contributed by atoms with Gasteiger partial charge < -0.3 is 46.0 Å². The maximum atomic E-state index is 14.0. The number of aromatic nitrogens is 2. The minimum atomic E-state index is -3.89. The molecular weight excluding hydrogens is 634 g/mol. The molecule has 2 atom stereocenters. The highest BCUT2D eigenvalue weighted by molar-refractivity contribution is 6.01. The first-order chi connectivity index (χ1) is 22.9. The molecule has 0 aliphatic carbocycles. The monoisotopic (exact) mass is 670 g/mol. The summed E-state index contributed by atoms with van der Waals surface area (Å²) in [5.41, 5.74) is 17.8. The largest absolute Gasteiger partial charge is 0.586 e. The summed E-state index contributed by atoms with van der Waals surface area (Å²) < 4.78 is 49.9. The number of ether oxygens (including phenoxy) is 4. The van der Waals surface area contributed by atoms with Gasteiger partial charge in [0.2, 0.25) is 11.5 Å². The zero-order valence-corrected chi connectivity index (χ0v) is 26.5. The molecule has 7 N–H and O–H groups in total. The summed E-state index contributed by atoms with van der Waals surface area (Å²) in [6.45, 7) is 3.64. The number of nitrogens with zero attached hydrogens (tertiary/aromatic N) is 2. The molecule has 3 aliphatic heterocycles. The Labute approximate surface area is 272 Å². The number of pyridine rings is 2. The van der Waals surface area contributed by atoms with Gasteiger partial charge in [0.1, 0.15) is 6.61 Å². The maximum absolute atomic E-state index is 14.0. The zero-order valence-electron chi connectivity index (χ0n) is 26.5. The van der Waals surface area contributed by atoms with E-state index in [4.69, 9.17) is 31.7 Å². The summed E-state index contributed by atoms with van der Waals surface area (Å²) in [6.07, 6.45) is -1.95. The SMILES string of the molecule is CCc1c2c(nc3cc4c(c(N)c13)OC(F)(F)O4)-c1cc3c(c(=O)n1C2)COC(=O)C3(CC)OC(=O)CCNC(=O)C(N)CCCCN. The van der Waals surface area contributed by atoms with Gasteiger partial charge in [-0.25, -0.2) is 9.78 Å². The minimum absolute atomic E-state index is 0.0573. The molecular formula is C32H36F2N6O8. The lowest BCUT2D eigenvalue weighted by Crippen LogP contribution is -2.48. The second kappa shape index (κ2) is 12.3. The van der Waals surface area contributed by atoms with E-state index in [-0.39, 0.29) is 66.4 Å². The number of rotatable bonds is 11. The van der Waals surface area contributed by atoms with Crippen LogP contribution in [0.2, 0.25) is 0 Å². The van der Waals surface area contributed by atoms with Gasteiger partial charge in [0, 0.05) is 29.1 Å². The van der Waals surface area contributed by atoms with Crippen LogP contribution in [0.1, 0.15) is 68.2 Å². The van der Waals surface area contributed by atoms with Crippen molar-refractivity contribution in [1.29, 1.82) is 0 Å². The molecule has 14 nitrogen and oxygen atoms in total. The summed E-state index contributed by atoms with van der Waals surface area (Å²) in [5.74, 6) is -2.64. The average Bonchev–Trinajstić information content (AvgIpc) is 3.57. The smallest absolute Gasteiger partial charge is 0.457 e. The van der Waals surface area contributed by atoms with Gasteiger partial charge in [0.25, 0.3) is 5.56 Å². The fourth-order valence-corrected chi connectivity index (χ4v) is 6.63. The number of halogens is 2. The Kier molecular flexibility index (Phi) is 8.49. The summed E-state index contributed by atoms with van der Waals surface area (Å²) in [7, 11) is 0. The van der Waals surface area contributed by atoms with Crippen LogP contribution in [0.5, 0.6) is 11.5 Å². The lowest BCUT2D eigenvalue weighted by Gasteiger charge is -2.35. The molecule has 16 heteroatoms. The van der Waals surface area contributed by atoms with Crippen LogP contribution in [0.4, 0.5) is 14.5 Å². The number of hydrogen-bond acceptors (Lipinski definition) is 12. The molecule has 0 saturated heterocycles. The van der Waals surface area contributed by atoms with Gasteiger partial charge in [-0.15, -0.1) is 8.78 Å². The third kappa shape index (κ3) is 5.38. The van der Waals surface area contributed by atoms with E-state index in [0.29, 0.717) is 53.7 Å². The molecule has 256 valence electrons. The van der Waals surface area contributed by atoms with Gasteiger partial charge in [-0.05, 0) is 43.9 Å². The number of carbonyl (C=O) groups excluding carboxylic acids is 3. The van der Waals surface area contributed by atoms with Crippen molar-refractivity contribution in [3.8, 4) is 22.9 Å². The van der Waals surface area contributed by atoms with Crippen molar-refractivity contribution in [1.82, 2.24) is 14.9 Å². The van der Waals surface area contributed by atoms with Crippen molar-refractivity contribution >= 4 is 34.4 Å².